The van der Waals surface area contributed by atoms with Crippen LogP contribution >= 0.6 is 15.9 Å². The molecule has 0 fully saturated rings. The van der Waals surface area contributed by atoms with Crippen molar-refractivity contribution >= 4 is 21.7 Å². The van der Waals surface area contributed by atoms with Crippen molar-refractivity contribution in [1.82, 2.24) is 14.8 Å². The summed E-state index contributed by atoms with van der Waals surface area (Å²) in [6.45, 7) is 0. The molecule has 0 aliphatic heterocycles. The molecule has 0 aliphatic carbocycles. The average Bonchev–Trinajstić information content (AvgIpc) is 2.75. The molecule has 94 valence electrons. The zero-order valence-electron chi connectivity index (χ0n) is 10.1. The molecule has 6 heteroatoms. The number of carbonyl (C=O) groups is 1. The van der Waals surface area contributed by atoms with Crippen LogP contribution in [-0.2, 0) is 13.5 Å². The number of benzene rings is 1. The molecule has 18 heavy (non-hydrogen) atoms. The van der Waals surface area contributed by atoms with E-state index < -0.39 is 0 Å². The van der Waals surface area contributed by atoms with Gasteiger partial charge < -0.3 is 4.74 Å². The summed E-state index contributed by atoms with van der Waals surface area (Å²) in [5.41, 5.74) is 0.581. The third-order valence-corrected chi connectivity index (χ3v) is 3.29. The number of ketones is 1. The molecule has 1 heterocycles. The molecule has 0 unspecified atom stereocenters. The van der Waals surface area contributed by atoms with Gasteiger partial charge in [0.25, 0.3) is 0 Å². The maximum Gasteiger partial charge on any atom is 0.171 e. The van der Waals surface area contributed by atoms with E-state index in [0.29, 0.717) is 17.1 Å². The van der Waals surface area contributed by atoms with E-state index >= 15 is 0 Å². The molecule has 0 bridgehead atoms. The Balaban J connectivity index is 2.26. The minimum Gasteiger partial charge on any atom is -0.497 e. The van der Waals surface area contributed by atoms with Crippen molar-refractivity contribution in [2.24, 2.45) is 7.05 Å². The number of carbonyl (C=O) groups excluding carboxylic acids is 1. The molecule has 0 amide bonds. The second-order valence-electron chi connectivity index (χ2n) is 3.75. The number of nitrogens with zero attached hydrogens (tertiary/aromatic N) is 3. The van der Waals surface area contributed by atoms with E-state index in [1.807, 2.05) is 0 Å². The largest absolute Gasteiger partial charge is 0.497 e. The number of rotatable bonds is 4. The number of ether oxygens (including phenoxy) is 1. The van der Waals surface area contributed by atoms with Crippen LogP contribution in [0.4, 0.5) is 0 Å². The van der Waals surface area contributed by atoms with Crippen LogP contribution in [0, 0.1) is 0 Å². The lowest BCUT2D eigenvalue weighted by atomic mass is 10.1. The van der Waals surface area contributed by atoms with Crippen LogP contribution in [0.2, 0.25) is 0 Å². The van der Waals surface area contributed by atoms with Gasteiger partial charge in [0, 0.05) is 17.1 Å². The number of aryl methyl sites for hydroxylation is 1. The van der Waals surface area contributed by atoms with E-state index in [-0.39, 0.29) is 12.2 Å². The highest BCUT2D eigenvalue weighted by atomic mass is 79.9. The predicted molar refractivity (Wildman–Crippen MR) is 69.7 cm³/mol. The van der Waals surface area contributed by atoms with Crippen LogP contribution in [-0.4, -0.2) is 27.7 Å². The van der Waals surface area contributed by atoms with Crippen LogP contribution in [0.1, 0.15) is 16.2 Å². The number of hydrogen-bond acceptors (Lipinski definition) is 4. The van der Waals surface area contributed by atoms with Gasteiger partial charge in [-0.3, -0.25) is 9.48 Å². The van der Waals surface area contributed by atoms with E-state index in [0.717, 1.165) is 4.47 Å². The van der Waals surface area contributed by atoms with Crippen molar-refractivity contribution in [1.29, 1.82) is 0 Å². The fraction of sp³-hybridized carbons (Fsp3) is 0.250. The number of aromatic nitrogens is 3. The predicted octanol–water partition coefficient (Wildman–Crippen LogP) is 2.01. The van der Waals surface area contributed by atoms with Crippen LogP contribution in [0.15, 0.2) is 29.0 Å². The average molecular weight is 310 g/mol. The summed E-state index contributed by atoms with van der Waals surface area (Å²) in [5, 5.41) is 3.94. The molecule has 0 atom stereocenters. The lowest BCUT2D eigenvalue weighted by Gasteiger charge is -2.06. The molecule has 2 aromatic rings. The Morgan fingerprint density at radius 1 is 1.50 bits per heavy atom. The third-order valence-electron chi connectivity index (χ3n) is 2.60. The molecule has 0 saturated heterocycles. The van der Waals surface area contributed by atoms with E-state index in [2.05, 4.69) is 26.0 Å². The van der Waals surface area contributed by atoms with Gasteiger partial charge in [-0.05, 0) is 18.2 Å². The summed E-state index contributed by atoms with van der Waals surface area (Å²) >= 11 is 3.36. The molecule has 2 rings (SSSR count). The summed E-state index contributed by atoms with van der Waals surface area (Å²) < 4.78 is 7.45. The molecule has 0 N–H and O–H groups in total. The quantitative estimate of drug-likeness (QED) is 0.811. The lowest BCUT2D eigenvalue weighted by molar-refractivity contribution is 0.0988. The zero-order valence-corrected chi connectivity index (χ0v) is 11.6. The number of Topliss-reactive ketones (excluding diaryl/α,β-unsaturated/α-hetero) is 1. The van der Waals surface area contributed by atoms with Crippen LogP contribution in [0.3, 0.4) is 0 Å². The Morgan fingerprint density at radius 2 is 2.28 bits per heavy atom. The van der Waals surface area contributed by atoms with Crippen molar-refractivity contribution in [2.45, 2.75) is 6.42 Å². The van der Waals surface area contributed by atoms with Gasteiger partial charge in [-0.1, -0.05) is 15.9 Å². The number of hydrogen-bond donors (Lipinski definition) is 0. The van der Waals surface area contributed by atoms with Crippen LogP contribution in [0.5, 0.6) is 5.75 Å². The SMILES string of the molecule is COc1ccc(Br)c(C(=O)Cc2ncnn2C)c1. The van der Waals surface area contributed by atoms with Gasteiger partial charge in [0.1, 0.15) is 17.9 Å². The molecule has 0 aliphatic rings. The smallest absolute Gasteiger partial charge is 0.171 e. The fourth-order valence-corrected chi connectivity index (χ4v) is 2.03. The van der Waals surface area contributed by atoms with Crippen LogP contribution < -0.4 is 4.74 Å². The minimum absolute atomic E-state index is 0.0307. The third kappa shape index (κ3) is 2.59. The Bertz CT molecular complexity index is 580. The van der Waals surface area contributed by atoms with Gasteiger partial charge in [-0.2, -0.15) is 5.10 Å². The van der Waals surface area contributed by atoms with E-state index in [4.69, 9.17) is 4.74 Å². The first-order valence-corrected chi connectivity index (χ1v) is 6.10. The molecular weight excluding hydrogens is 298 g/mol. The molecule has 5 nitrogen and oxygen atoms in total. The first kappa shape index (κ1) is 12.8. The van der Waals surface area contributed by atoms with Crippen molar-refractivity contribution < 1.29 is 9.53 Å². The summed E-state index contributed by atoms with van der Waals surface area (Å²) in [6.07, 6.45) is 1.64. The normalized spacial score (nSPS) is 10.4. The van der Waals surface area contributed by atoms with Crippen molar-refractivity contribution in [3.05, 3.63) is 40.4 Å². The summed E-state index contributed by atoms with van der Waals surface area (Å²) in [6, 6.07) is 5.30. The molecule has 0 radical (unpaired) electrons. The van der Waals surface area contributed by atoms with Gasteiger partial charge in [0.15, 0.2) is 5.78 Å². The van der Waals surface area contributed by atoms with Gasteiger partial charge in [-0.25, -0.2) is 4.98 Å². The molecule has 1 aromatic carbocycles. The van der Waals surface area contributed by atoms with Gasteiger partial charge >= 0.3 is 0 Å². The standard InChI is InChI=1S/C12H12BrN3O2/c1-16-12(14-7-15-16)6-11(17)9-5-8(18-2)3-4-10(9)13/h3-5,7H,6H2,1-2H3. The van der Waals surface area contributed by atoms with Gasteiger partial charge in [0.05, 0.1) is 13.5 Å². The monoisotopic (exact) mass is 309 g/mol. The van der Waals surface area contributed by atoms with Crippen molar-refractivity contribution in [3.8, 4) is 5.75 Å². The van der Waals surface area contributed by atoms with Crippen molar-refractivity contribution in [2.75, 3.05) is 7.11 Å². The zero-order chi connectivity index (χ0) is 13.1. The lowest BCUT2D eigenvalue weighted by Crippen LogP contribution is -2.09. The topological polar surface area (TPSA) is 57.0 Å². The second-order valence-corrected chi connectivity index (χ2v) is 4.60. The summed E-state index contributed by atoms with van der Waals surface area (Å²) in [4.78, 5) is 16.2. The Labute approximate surface area is 113 Å². The highest BCUT2D eigenvalue weighted by molar-refractivity contribution is 9.10. The fourth-order valence-electron chi connectivity index (χ4n) is 1.56. The molecule has 1 aromatic heterocycles. The summed E-state index contributed by atoms with van der Waals surface area (Å²) in [5.74, 6) is 1.26. The van der Waals surface area contributed by atoms with Gasteiger partial charge in [0.2, 0.25) is 0 Å². The Kier molecular flexibility index (Phi) is 3.76. The first-order valence-electron chi connectivity index (χ1n) is 5.31. The minimum atomic E-state index is -0.0307. The van der Waals surface area contributed by atoms with Crippen LogP contribution in [0.25, 0.3) is 0 Å². The Hall–Kier alpha value is -1.69. The highest BCUT2D eigenvalue weighted by Gasteiger charge is 2.14. The number of halogens is 1. The molecule has 0 saturated carbocycles. The number of methoxy groups -OCH3 is 1. The van der Waals surface area contributed by atoms with E-state index in [9.17, 15) is 4.79 Å². The van der Waals surface area contributed by atoms with Gasteiger partial charge in [-0.15, -0.1) is 0 Å². The molecular formula is C12H12BrN3O2. The maximum atomic E-state index is 12.2. The first-order chi connectivity index (χ1) is 8.61. The second kappa shape index (κ2) is 5.30. The maximum absolute atomic E-state index is 12.2. The highest BCUT2D eigenvalue weighted by Crippen LogP contribution is 2.23. The molecule has 0 spiro atoms. The summed E-state index contributed by atoms with van der Waals surface area (Å²) in [7, 11) is 3.33. The Morgan fingerprint density at radius 3 is 2.89 bits per heavy atom. The van der Waals surface area contributed by atoms with E-state index in [1.54, 1.807) is 37.0 Å². The van der Waals surface area contributed by atoms with E-state index in [1.165, 1.54) is 6.33 Å². The van der Waals surface area contributed by atoms with Crippen molar-refractivity contribution in [3.63, 3.8) is 0 Å².